The molecular formula is C29H34BFN2O7. The number of rotatable bonds is 7. The zero-order valence-electron chi connectivity index (χ0n) is 23.8. The van der Waals surface area contributed by atoms with Gasteiger partial charge in [0, 0.05) is 36.0 Å². The molecular weight excluding hydrogens is 518 g/mol. The Kier molecular flexibility index (Phi) is 6.59. The van der Waals surface area contributed by atoms with Crippen LogP contribution in [0.1, 0.15) is 61.4 Å². The largest absolute Gasteiger partial charge is 0.498 e. The number of hydrogen-bond acceptors (Lipinski definition) is 8. The summed E-state index contributed by atoms with van der Waals surface area (Å²) >= 11 is 0. The van der Waals surface area contributed by atoms with E-state index >= 15 is 4.39 Å². The molecule has 0 unspecified atom stereocenters. The van der Waals surface area contributed by atoms with E-state index in [-0.39, 0.29) is 18.3 Å². The number of hydrogen-bond donors (Lipinski definition) is 0. The maximum absolute atomic E-state index is 16.0. The lowest BCUT2D eigenvalue weighted by Crippen LogP contribution is -2.41. The summed E-state index contributed by atoms with van der Waals surface area (Å²) in [6, 6.07) is 4.82. The first kappa shape index (κ1) is 27.0. The molecule has 40 heavy (non-hydrogen) atoms. The molecule has 3 aliphatic heterocycles. The lowest BCUT2D eigenvalue weighted by Gasteiger charge is -2.32. The lowest BCUT2D eigenvalue weighted by atomic mass is 9.76. The first-order valence-corrected chi connectivity index (χ1v) is 13.6. The third kappa shape index (κ3) is 4.35. The van der Waals surface area contributed by atoms with Gasteiger partial charge in [0.15, 0.2) is 0 Å². The van der Waals surface area contributed by atoms with Gasteiger partial charge in [-0.2, -0.15) is 0 Å². The van der Waals surface area contributed by atoms with Gasteiger partial charge in [0.05, 0.1) is 55.8 Å². The van der Waals surface area contributed by atoms with E-state index in [0.717, 1.165) is 12.0 Å². The average molecular weight is 552 g/mol. The third-order valence-electron chi connectivity index (χ3n) is 8.63. The Morgan fingerprint density at radius 1 is 1.15 bits per heavy atom. The van der Waals surface area contributed by atoms with Crippen molar-refractivity contribution in [3.8, 4) is 11.5 Å². The van der Waals surface area contributed by atoms with E-state index in [1.807, 2.05) is 32.3 Å². The molecule has 0 saturated carbocycles. The highest BCUT2D eigenvalue weighted by atomic mass is 19.1. The summed E-state index contributed by atoms with van der Waals surface area (Å²) in [5.41, 5.74) is 2.40. The first-order chi connectivity index (χ1) is 19.0. The average Bonchev–Trinajstić information content (AvgIpc) is 3.56. The second-order valence-electron chi connectivity index (χ2n) is 11.6. The maximum atomic E-state index is 16.0. The molecule has 6 rings (SSSR count). The van der Waals surface area contributed by atoms with Crippen LogP contribution in [0.15, 0.2) is 18.2 Å². The maximum Gasteiger partial charge on any atom is 0.498 e. The van der Waals surface area contributed by atoms with Gasteiger partial charge in [0.1, 0.15) is 28.7 Å². The van der Waals surface area contributed by atoms with Crippen molar-refractivity contribution < 1.29 is 37.4 Å². The van der Waals surface area contributed by atoms with Crippen LogP contribution in [0.2, 0.25) is 0 Å². The minimum absolute atomic E-state index is 0.00794. The topological polar surface area (TPSA) is 90.3 Å². The van der Waals surface area contributed by atoms with Crippen LogP contribution < -0.4 is 14.9 Å². The van der Waals surface area contributed by atoms with Gasteiger partial charge in [0.25, 0.3) is 0 Å². The van der Waals surface area contributed by atoms with Gasteiger partial charge in [-0.15, -0.1) is 0 Å². The van der Waals surface area contributed by atoms with E-state index in [1.54, 1.807) is 12.1 Å². The Hall–Kier alpha value is -3.15. The fourth-order valence-electron chi connectivity index (χ4n) is 5.53. The first-order valence-electron chi connectivity index (χ1n) is 13.6. The number of ether oxygens (including phenoxy) is 4. The van der Waals surface area contributed by atoms with Crippen LogP contribution in [-0.2, 0) is 38.2 Å². The van der Waals surface area contributed by atoms with E-state index in [1.165, 1.54) is 20.3 Å². The molecule has 0 amide bonds. The van der Waals surface area contributed by atoms with Crippen LogP contribution in [0.5, 0.6) is 11.5 Å². The zero-order valence-corrected chi connectivity index (χ0v) is 23.8. The second kappa shape index (κ2) is 9.75. The van der Waals surface area contributed by atoms with Gasteiger partial charge in [0.2, 0.25) is 0 Å². The van der Waals surface area contributed by atoms with E-state index < -0.39 is 24.3 Å². The zero-order chi connectivity index (χ0) is 28.4. The van der Waals surface area contributed by atoms with E-state index in [4.69, 9.17) is 33.2 Å². The van der Waals surface area contributed by atoms with Crippen LogP contribution >= 0.6 is 0 Å². The Balaban J connectivity index is 1.44. The molecule has 1 atom stereocenters. The summed E-state index contributed by atoms with van der Waals surface area (Å²) in [6.07, 6.45) is 1.71. The Morgan fingerprint density at radius 2 is 1.88 bits per heavy atom. The number of aromatic nitrogens is 2. The minimum Gasteiger partial charge on any atom is -0.494 e. The molecule has 2 saturated heterocycles. The predicted molar refractivity (Wildman–Crippen MR) is 146 cm³/mol. The molecule has 212 valence electrons. The van der Waals surface area contributed by atoms with Gasteiger partial charge >= 0.3 is 13.1 Å². The molecule has 0 aliphatic carbocycles. The fourth-order valence-corrected chi connectivity index (χ4v) is 5.53. The lowest BCUT2D eigenvalue weighted by molar-refractivity contribution is -0.0589. The van der Waals surface area contributed by atoms with E-state index in [9.17, 15) is 4.79 Å². The van der Waals surface area contributed by atoms with E-state index in [0.29, 0.717) is 71.1 Å². The normalized spacial score (nSPS) is 20.8. The number of imidazole rings is 1. The molecule has 2 fully saturated rings. The quantitative estimate of drug-likeness (QED) is 0.325. The van der Waals surface area contributed by atoms with Gasteiger partial charge in [-0.25, -0.2) is 14.2 Å². The van der Waals surface area contributed by atoms with Gasteiger partial charge in [-0.3, -0.25) is 0 Å². The second-order valence-corrected chi connectivity index (χ2v) is 11.6. The fraction of sp³-hybridized carbons (Fsp3) is 0.517. The highest BCUT2D eigenvalue weighted by molar-refractivity contribution is 6.63. The molecule has 0 spiro atoms. The van der Waals surface area contributed by atoms with Crippen LogP contribution in [0.3, 0.4) is 0 Å². The molecule has 4 heterocycles. The number of carbonyl (C=O) groups excluding carboxylic acids is 1. The molecule has 9 nitrogen and oxygen atoms in total. The van der Waals surface area contributed by atoms with Crippen molar-refractivity contribution in [2.45, 2.75) is 70.8 Å². The summed E-state index contributed by atoms with van der Waals surface area (Å²) in [5, 5.41) is 0. The molecule has 2 aromatic carbocycles. The summed E-state index contributed by atoms with van der Waals surface area (Å²) in [4.78, 5) is 17.3. The summed E-state index contributed by atoms with van der Waals surface area (Å²) in [7, 11) is 2.13. The monoisotopic (exact) mass is 552 g/mol. The van der Waals surface area contributed by atoms with E-state index in [2.05, 4.69) is 0 Å². The number of methoxy groups -OCH3 is 2. The molecule has 3 aromatic rings. The number of benzene rings is 2. The Labute approximate surface area is 233 Å². The van der Waals surface area contributed by atoms with Crippen molar-refractivity contribution in [2.24, 2.45) is 0 Å². The van der Waals surface area contributed by atoms with Crippen molar-refractivity contribution in [3.63, 3.8) is 0 Å². The standard InChI is InChI=1S/C29H34BFN2O7/c1-28(2)29(3,4)40-30(39-28)20-14-21(31)19(18-8-10-38-26(18)20)13-24-32-25-22(33(24)15-17-7-9-37-17)11-16(27(34)36-6)12-23(25)35-5/h11-12,14,17H,7-10,13,15H2,1-6H3/t17-/m0/s1. The van der Waals surface area contributed by atoms with Crippen molar-refractivity contribution in [3.05, 3.63) is 46.5 Å². The van der Waals surface area contributed by atoms with Crippen molar-refractivity contribution >= 4 is 29.6 Å². The smallest absolute Gasteiger partial charge is 0.494 e. The molecule has 0 N–H and O–H groups in total. The van der Waals surface area contributed by atoms with Gasteiger partial charge in [-0.05, 0) is 52.3 Å². The molecule has 0 radical (unpaired) electrons. The number of carbonyl (C=O) groups is 1. The number of nitrogens with zero attached hydrogens (tertiary/aromatic N) is 2. The highest BCUT2D eigenvalue weighted by Crippen LogP contribution is 2.39. The molecule has 11 heteroatoms. The summed E-state index contributed by atoms with van der Waals surface area (Å²) < 4.78 is 52.8. The predicted octanol–water partition coefficient (Wildman–Crippen LogP) is 3.58. The van der Waals surface area contributed by atoms with Crippen LogP contribution in [0.4, 0.5) is 4.39 Å². The minimum atomic E-state index is -0.734. The summed E-state index contributed by atoms with van der Waals surface area (Å²) in [6.45, 7) is 9.53. The third-order valence-corrected chi connectivity index (χ3v) is 8.63. The van der Waals surface area contributed by atoms with Crippen molar-refractivity contribution in [1.29, 1.82) is 0 Å². The highest BCUT2D eigenvalue weighted by Gasteiger charge is 2.53. The van der Waals surface area contributed by atoms with Gasteiger partial charge < -0.3 is 32.8 Å². The van der Waals surface area contributed by atoms with Gasteiger partial charge in [-0.1, -0.05) is 0 Å². The SMILES string of the molecule is COC(=O)c1cc(OC)c2nc(Cc3c(F)cc(B4OC(C)(C)C(C)(C)O4)c4c3CCO4)n(C[C@@H]3CCO3)c2c1. The Bertz CT molecular complexity index is 1480. The van der Waals surface area contributed by atoms with Crippen LogP contribution in [0, 0.1) is 5.82 Å². The summed E-state index contributed by atoms with van der Waals surface area (Å²) in [5.74, 6) is 0.855. The Morgan fingerprint density at radius 3 is 2.50 bits per heavy atom. The van der Waals surface area contributed by atoms with Crippen molar-refractivity contribution in [2.75, 3.05) is 27.4 Å². The van der Waals surface area contributed by atoms with Crippen molar-refractivity contribution in [1.82, 2.24) is 9.55 Å². The molecule has 0 bridgehead atoms. The number of esters is 1. The number of fused-ring (bicyclic) bond motifs is 2. The molecule has 1 aromatic heterocycles. The van der Waals surface area contributed by atoms with Crippen LogP contribution in [0.25, 0.3) is 11.0 Å². The number of halogens is 1. The molecule has 3 aliphatic rings. The van der Waals surface area contributed by atoms with Crippen LogP contribution in [-0.4, -0.2) is 67.4 Å².